The van der Waals surface area contributed by atoms with Gasteiger partial charge in [-0.2, -0.15) is 5.10 Å². The Bertz CT molecular complexity index is 1210. The van der Waals surface area contributed by atoms with Crippen molar-refractivity contribution in [1.82, 2.24) is 15.3 Å². The van der Waals surface area contributed by atoms with Crippen molar-refractivity contribution in [2.24, 2.45) is 0 Å². The normalized spacial score (nSPS) is 13.8. The second-order valence-electron chi connectivity index (χ2n) is 7.16. The number of benzene rings is 2. The number of amides is 1. The van der Waals surface area contributed by atoms with Crippen LogP contribution in [0.15, 0.2) is 42.6 Å². The van der Waals surface area contributed by atoms with E-state index in [1.165, 1.54) is 25.6 Å². The third kappa shape index (κ3) is 3.75. The molecule has 1 heterocycles. The zero-order chi connectivity index (χ0) is 22.1. The van der Waals surface area contributed by atoms with Gasteiger partial charge in [-0.1, -0.05) is 18.2 Å². The third-order valence-corrected chi connectivity index (χ3v) is 7.36. The highest BCUT2D eigenvalue weighted by molar-refractivity contribution is 7.92. The Morgan fingerprint density at radius 3 is 2.70 bits per heavy atom. The van der Waals surface area contributed by atoms with Crippen molar-refractivity contribution in [3.8, 4) is 16.9 Å². The fraction of sp³-hybridized carbons (Fsp3) is 0.300. The second-order valence-corrected chi connectivity index (χ2v) is 9.60. The van der Waals surface area contributed by atoms with E-state index in [0.717, 1.165) is 11.6 Å². The van der Waals surface area contributed by atoms with Crippen molar-refractivity contribution in [2.75, 3.05) is 13.4 Å². The summed E-state index contributed by atoms with van der Waals surface area (Å²) < 4.78 is 43.6. The fourth-order valence-corrected chi connectivity index (χ4v) is 4.07. The molecule has 8 nitrogen and oxygen atoms in total. The minimum absolute atomic E-state index is 0.0960. The van der Waals surface area contributed by atoms with E-state index in [1.54, 1.807) is 41.2 Å². The summed E-state index contributed by atoms with van der Waals surface area (Å²) in [4.78, 5) is 12.0. The summed E-state index contributed by atoms with van der Waals surface area (Å²) in [6.45, 7) is 1.37. The highest BCUT2D eigenvalue weighted by Gasteiger charge is 2.43. The van der Waals surface area contributed by atoms with Gasteiger partial charge in [0.1, 0.15) is 0 Å². The van der Waals surface area contributed by atoms with Gasteiger partial charge in [-0.3, -0.25) is 14.7 Å². The molecular formula is C20H22FN3O5S. The van der Waals surface area contributed by atoms with Crippen LogP contribution >= 0.6 is 0 Å². The van der Waals surface area contributed by atoms with Crippen LogP contribution in [0.25, 0.3) is 22.0 Å². The number of nitrogens with zero attached hydrogens (tertiary/aromatic N) is 2. The van der Waals surface area contributed by atoms with Crippen LogP contribution in [0, 0.1) is 5.82 Å². The molecule has 0 saturated heterocycles. The summed E-state index contributed by atoms with van der Waals surface area (Å²) in [5.74, 6) is -1.33. The van der Waals surface area contributed by atoms with E-state index in [0.29, 0.717) is 16.6 Å². The first-order valence-electron chi connectivity index (χ1n) is 9.05. The molecular weight excluding hydrogens is 413 g/mol. The average molecular weight is 435 g/mol. The minimum atomic E-state index is -3.80. The van der Waals surface area contributed by atoms with Crippen molar-refractivity contribution in [3.05, 3.63) is 48.4 Å². The lowest BCUT2D eigenvalue weighted by molar-refractivity contribution is -0.131. The number of hydroxylamine groups is 1. The molecule has 0 radical (unpaired) electrons. The van der Waals surface area contributed by atoms with E-state index in [1.807, 2.05) is 0 Å². The maximum absolute atomic E-state index is 14.6. The molecule has 0 spiro atoms. The van der Waals surface area contributed by atoms with Crippen LogP contribution in [0.5, 0.6) is 5.75 Å². The Hall–Kier alpha value is -2.98. The molecule has 1 atom stereocenters. The van der Waals surface area contributed by atoms with Gasteiger partial charge in [0, 0.05) is 23.8 Å². The Kier molecular flexibility index (Phi) is 5.82. The van der Waals surface area contributed by atoms with Crippen LogP contribution in [0.3, 0.4) is 0 Å². The molecule has 0 fully saturated rings. The summed E-state index contributed by atoms with van der Waals surface area (Å²) >= 11 is 0. The Morgan fingerprint density at radius 2 is 2.07 bits per heavy atom. The quantitative estimate of drug-likeness (QED) is 0.436. The lowest BCUT2D eigenvalue weighted by Crippen LogP contribution is -2.49. The lowest BCUT2D eigenvalue weighted by Gasteiger charge is -2.25. The number of aryl methyl sites for hydroxylation is 1. The number of sulfone groups is 1. The number of hydrogen-bond acceptors (Lipinski definition) is 6. The van der Waals surface area contributed by atoms with Gasteiger partial charge in [-0.05, 0) is 37.1 Å². The largest absolute Gasteiger partial charge is 0.494 e. The van der Waals surface area contributed by atoms with Crippen molar-refractivity contribution >= 4 is 26.6 Å². The van der Waals surface area contributed by atoms with E-state index < -0.39 is 26.3 Å². The molecule has 0 aliphatic carbocycles. The monoisotopic (exact) mass is 435 g/mol. The predicted molar refractivity (Wildman–Crippen MR) is 109 cm³/mol. The number of nitrogens with one attached hydrogen (secondary N) is 1. The third-order valence-electron chi connectivity index (χ3n) is 5.34. The number of aromatic nitrogens is 2. The van der Waals surface area contributed by atoms with Crippen LogP contribution in [-0.2, 0) is 21.2 Å². The first kappa shape index (κ1) is 21.7. The number of ether oxygens (including phenoxy) is 1. The van der Waals surface area contributed by atoms with Crippen LogP contribution in [-0.4, -0.2) is 47.4 Å². The molecule has 2 aromatic carbocycles. The highest BCUT2D eigenvalue weighted by atomic mass is 32.2. The van der Waals surface area contributed by atoms with Crippen LogP contribution in [0.4, 0.5) is 4.39 Å². The Labute approximate surface area is 173 Å². The maximum atomic E-state index is 14.6. The standard InChI is InChI=1S/C20H22FN3O5S/c1-20(19(25)23-26,30(3,27)28)9-10-24-16-8-7-13(11-14(16)12-22-24)15-5-4-6-17(29-2)18(15)21/h4-8,11-12,26H,9-10H2,1-3H3,(H,23,25)/t20-/m1/s1. The highest BCUT2D eigenvalue weighted by Crippen LogP contribution is 2.31. The summed E-state index contributed by atoms with van der Waals surface area (Å²) in [5.41, 5.74) is 3.14. The molecule has 0 saturated carbocycles. The summed E-state index contributed by atoms with van der Waals surface area (Å²) in [6, 6.07) is 10.1. The maximum Gasteiger partial charge on any atom is 0.264 e. The van der Waals surface area contributed by atoms with Crippen molar-refractivity contribution in [3.63, 3.8) is 0 Å². The van der Waals surface area contributed by atoms with Gasteiger partial charge in [-0.15, -0.1) is 0 Å². The molecule has 3 aromatic rings. The Balaban J connectivity index is 1.93. The molecule has 160 valence electrons. The molecule has 2 N–H and O–H groups in total. The zero-order valence-corrected chi connectivity index (χ0v) is 17.5. The summed E-state index contributed by atoms with van der Waals surface area (Å²) in [7, 11) is -2.40. The van der Waals surface area contributed by atoms with Gasteiger partial charge < -0.3 is 4.74 Å². The molecule has 3 rings (SSSR count). The lowest BCUT2D eigenvalue weighted by atomic mass is 10.0. The SMILES string of the molecule is COc1cccc(-c2ccc3c(cnn3CC[C@](C)(C(=O)NO)S(C)(=O)=O)c2)c1F. The molecule has 30 heavy (non-hydrogen) atoms. The first-order chi connectivity index (χ1) is 14.1. The fourth-order valence-electron chi connectivity index (χ4n) is 3.23. The molecule has 10 heteroatoms. The van der Waals surface area contributed by atoms with Crippen LogP contribution < -0.4 is 10.2 Å². The number of methoxy groups -OCH3 is 1. The van der Waals surface area contributed by atoms with Crippen molar-refractivity contribution in [2.45, 2.75) is 24.6 Å². The number of fused-ring (bicyclic) bond motifs is 1. The predicted octanol–water partition coefficient (Wildman–Crippen LogP) is 2.55. The van der Waals surface area contributed by atoms with Crippen molar-refractivity contribution in [1.29, 1.82) is 0 Å². The molecule has 0 unspecified atom stereocenters. The van der Waals surface area contributed by atoms with E-state index in [2.05, 4.69) is 5.10 Å². The Morgan fingerprint density at radius 1 is 1.33 bits per heavy atom. The number of rotatable bonds is 7. The molecule has 0 aliphatic heterocycles. The average Bonchev–Trinajstić information content (AvgIpc) is 3.12. The van der Waals surface area contributed by atoms with E-state index in [4.69, 9.17) is 9.94 Å². The van der Waals surface area contributed by atoms with Gasteiger partial charge in [0.2, 0.25) is 0 Å². The van der Waals surface area contributed by atoms with Gasteiger partial charge in [0.25, 0.3) is 5.91 Å². The number of hydrogen-bond donors (Lipinski definition) is 2. The van der Waals surface area contributed by atoms with Gasteiger partial charge in [0.05, 0.1) is 18.8 Å². The minimum Gasteiger partial charge on any atom is -0.494 e. The number of carbonyl (C=O) groups is 1. The zero-order valence-electron chi connectivity index (χ0n) is 16.7. The van der Waals surface area contributed by atoms with E-state index in [9.17, 15) is 17.6 Å². The first-order valence-corrected chi connectivity index (χ1v) is 10.9. The van der Waals surface area contributed by atoms with E-state index in [-0.39, 0.29) is 18.7 Å². The number of halogens is 1. The van der Waals surface area contributed by atoms with Gasteiger partial charge in [0.15, 0.2) is 26.2 Å². The molecule has 1 amide bonds. The van der Waals surface area contributed by atoms with Gasteiger partial charge in [-0.25, -0.2) is 18.3 Å². The van der Waals surface area contributed by atoms with E-state index >= 15 is 0 Å². The summed E-state index contributed by atoms with van der Waals surface area (Å²) in [5, 5.41) is 13.9. The van der Waals surface area contributed by atoms with Crippen LogP contribution in [0.1, 0.15) is 13.3 Å². The molecule has 0 bridgehead atoms. The van der Waals surface area contributed by atoms with Crippen molar-refractivity contribution < 1.29 is 27.5 Å². The topological polar surface area (TPSA) is 111 Å². The summed E-state index contributed by atoms with van der Waals surface area (Å²) in [6.07, 6.45) is 2.43. The second kappa shape index (κ2) is 8.04. The van der Waals surface area contributed by atoms with Gasteiger partial charge >= 0.3 is 0 Å². The smallest absolute Gasteiger partial charge is 0.264 e. The number of carbonyl (C=O) groups excluding carboxylic acids is 1. The molecule has 0 aliphatic rings. The molecule has 1 aromatic heterocycles. The van der Waals surface area contributed by atoms with Crippen LogP contribution in [0.2, 0.25) is 0 Å².